The number of β-lactam (4-membered cyclic amide) rings is 1. The summed E-state index contributed by atoms with van der Waals surface area (Å²) in [5.41, 5.74) is 5.06. The molecule has 4 heterocycles. The summed E-state index contributed by atoms with van der Waals surface area (Å²) in [5.74, 6) is -3.17. The molecule has 1 saturated heterocycles. The highest BCUT2D eigenvalue weighted by atomic mass is 32.2. The van der Waals surface area contributed by atoms with Crippen molar-refractivity contribution >= 4 is 84.9 Å². The summed E-state index contributed by atoms with van der Waals surface area (Å²) in [6.07, 6.45) is 0. The van der Waals surface area contributed by atoms with E-state index in [0.29, 0.717) is 14.5 Å². The average Bonchev–Trinajstić information content (AvgIpc) is 3.32. The number of nitrogens with two attached hydrogens (primary N) is 1. The van der Waals surface area contributed by atoms with E-state index >= 15 is 0 Å². The zero-order valence-corrected chi connectivity index (χ0v) is 22.6. The molecule has 0 radical (unpaired) electrons. The van der Waals surface area contributed by atoms with Crippen LogP contribution in [0, 0.1) is 0 Å². The summed E-state index contributed by atoms with van der Waals surface area (Å²) >= 11 is 4.70. The van der Waals surface area contributed by atoms with E-state index in [9.17, 15) is 39.7 Å². The SMILES string of the molecule is Nc1nc(/C(=N/O)C(=O)N[C@@H]2C(=O)N3C(C(=O)O)=C(CSc4cc(=O)c5cc(O)c(O)cc5s4)CS[C@H]23)cs1. The van der Waals surface area contributed by atoms with Crippen LogP contribution in [0.5, 0.6) is 11.5 Å². The van der Waals surface area contributed by atoms with Gasteiger partial charge in [0.2, 0.25) is 0 Å². The first-order valence-corrected chi connectivity index (χ1v) is 14.6. The molecule has 3 aromatic rings. The number of phenolic OH excluding ortho intramolecular Hbond substituents is 2. The second kappa shape index (κ2) is 10.4. The number of anilines is 1. The Hall–Kier alpha value is -3.80. The number of carboxylic acids is 1. The Balaban J connectivity index is 1.33. The summed E-state index contributed by atoms with van der Waals surface area (Å²) in [6, 6.07) is 2.79. The Labute approximate surface area is 234 Å². The van der Waals surface area contributed by atoms with Crippen molar-refractivity contribution in [2.24, 2.45) is 5.16 Å². The first-order valence-electron chi connectivity index (χ1n) is 10.9. The Morgan fingerprint density at radius 3 is 2.64 bits per heavy atom. The minimum absolute atomic E-state index is 0.0332. The number of nitrogen functional groups attached to an aromatic ring is 1. The van der Waals surface area contributed by atoms with Crippen LogP contribution >= 0.6 is 46.2 Å². The number of aliphatic carboxylic acids is 1. The van der Waals surface area contributed by atoms with E-state index in [4.69, 9.17) is 5.73 Å². The lowest BCUT2D eigenvalue weighted by molar-refractivity contribution is -0.150. The molecule has 1 aromatic carbocycles. The van der Waals surface area contributed by atoms with E-state index in [1.807, 2.05) is 0 Å². The number of hydrogen-bond acceptors (Lipinski definition) is 14. The number of aromatic hydroxyl groups is 2. The van der Waals surface area contributed by atoms with E-state index in [2.05, 4.69) is 15.5 Å². The van der Waals surface area contributed by atoms with Crippen LogP contribution in [-0.2, 0) is 14.4 Å². The second-order valence-electron chi connectivity index (χ2n) is 8.19. The number of aromatic nitrogens is 1. The van der Waals surface area contributed by atoms with Crippen molar-refractivity contribution in [3.05, 3.63) is 50.8 Å². The smallest absolute Gasteiger partial charge is 0.352 e. The van der Waals surface area contributed by atoms with Gasteiger partial charge in [0.1, 0.15) is 22.8 Å². The normalized spacial score (nSPS) is 19.1. The van der Waals surface area contributed by atoms with Gasteiger partial charge in [-0.1, -0.05) is 5.16 Å². The van der Waals surface area contributed by atoms with Gasteiger partial charge >= 0.3 is 5.97 Å². The van der Waals surface area contributed by atoms with Crippen molar-refractivity contribution in [2.75, 3.05) is 17.2 Å². The van der Waals surface area contributed by atoms with E-state index < -0.39 is 40.7 Å². The fourth-order valence-corrected chi connectivity index (χ4v) is 8.27. The molecule has 5 rings (SSSR count). The van der Waals surface area contributed by atoms with Crippen LogP contribution in [0.1, 0.15) is 5.69 Å². The summed E-state index contributed by atoms with van der Waals surface area (Å²) in [5, 5.41) is 45.2. The third-order valence-electron chi connectivity index (χ3n) is 5.81. The molecule has 0 spiro atoms. The maximum atomic E-state index is 12.9. The average molecular weight is 608 g/mol. The number of hydrogen-bond donors (Lipinski definition) is 6. The number of rotatable bonds is 7. The van der Waals surface area contributed by atoms with E-state index in [1.54, 1.807) is 0 Å². The Bertz CT molecular complexity index is 1670. The summed E-state index contributed by atoms with van der Waals surface area (Å²) < 4.78 is 1.01. The fraction of sp³-hybridized carbons (Fsp3) is 0.182. The Kier molecular flexibility index (Phi) is 7.15. The van der Waals surface area contributed by atoms with Gasteiger partial charge in [-0.3, -0.25) is 19.3 Å². The molecule has 0 saturated carbocycles. The number of carbonyl (C=O) groups is 3. The zero-order valence-electron chi connectivity index (χ0n) is 19.4. The number of fused-ring (bicyclic) bond motifs is 2. The van der Waals surface area contributed by atoms with Crippen LogP contribution < -0.4 is 16.5 Å². The molecule has 0 aliphatic carbocycles. The molecule has 13 nitrogen and oxygen atoms in total. The van der Waals surface area contributed by atoms with Gasteiger partial charge < -0.3 is 31.6 Å². The number of thiazole rings is 1. The van der Waals surface area contributed by atoms with Crippen molar-refractivity contribution in [3.63, 3.8) is 0 Å². The first kappa shape index (κ1) is 26.8. The maximum Gasteiger partial charge on any atom is 0.352 e. The number of nitrogens with zero attached hydrogens (tertiary/aromatic N) is 3. The highest BCUT2D eigenvalue weighted by molar-refractivity contribution is 8.02. The standard InChI is InChI=1S/C22H17N5O8S4/c23-22-24-9(6-38-22)15(26-35)18(31)25-16-19(32)27-17(21(33)34)7(5-37-20(16)27)4-36-14-3-10(28)8-1-11(29)12(30)2-13(8)39-14/h1-3,6,16,20,29-30,35H,4-5H2,(H2,23,24)(H,25,31)(H,33,34)/b26-15-/t16-,20-/m1/s1. The number of thioether (sulfide) groups is 2. The van der Waals surface area contributed by atoms with Crippen LogP contribution in [0.2, 0.25) is 0 Å². The van der Waals surface area contributed by atoms with Crippen molar-refractivity contribution in [3.8, 4) is 11.5 Å². The molecule has 202 valence electrons. The minimum atomic E-state index is -1.31. The summed E-state index contributed by atoms with van der Waals surface area (Å²) in [7, 11) is 0. The number of carboxylic acid groups (broad SMARTS) is 1. The van der Waals surface area contributed by atoms with E-state index in [1.165, 1.54) is 58.4 Å². The maximum absolute atomic E-state index is 12.9. The third-order valence-corrected chi connectivity index (χ3v) is 10.2. The third kappa shape index (κ3) is 4.88. The molecular weight excluding hydrogens is 591 g/mol. The minimum Gasteiger partial charge on any atom is -0.504 e. The Morgan fingerprint density at radius 1 is 1.23 bits per heavy atom. The van der Waals surface area contributed by atoms with Gasteiger partial charge in [0.05, 0.1) is 4.21 Å². The topological polar surface area (TPSA) is 216 Å². The lowest BCUT2D eigenvalue weighted by Crippen LogP contribution is -2.71. The molecule has 39 heavy (non-hydrogen) atoms. The van der Waals surface area contributed by atoms with Gasteiger partial charge in [0.15, 0.2) is 27.8 Å². The molecule has 2 amide bonds. The van der Waals surface area contributed by atoms with Crippen LogP contribution in [-0.4, -0.2) is 76.8 Å². The quantitative estimate of drug-likeness (QED) is 0.0561. The number of phenols is 2. The predicted octanol–water partition coefficient (Wildman–Crippen LogP) is 1.42. The van der Waals surface area contributed by atoms with Crippen LogP contribution in [0.15, 0.2) is 49.0 Å². The second-order valence-corrected chi connectivity index (χ2v) is 12.5. The molecular formula is C22H17N5O8S4. The van der Waals surface area contributed by atoms with Crippen molar-refractivity contribution in [1.82, 2.24) is 15.2 Å². The summed E-state index contributed by atoms with van der Waals surface area (Å²) in [6.45, 7) is 0. The fourth-order valence-electron chi connectivity index (χ4n) is 4.00. The van der Waals surface area contributed by atoms with Crippen molar-refractivity contribution in [2.45, 2.75) is 15.6 Å². The number of benzene rings is 1. The molecule has 2 atom stereocenters. The van der Waals surface area contributed by atoms with Gasteiger partial charge in [-0.2, -0.15) is 0 Å². The lowest BCUT2D eigenvalue weighted by Gasteiger charge is -2.49. The van der Waals surface area contributed by atoms with Crippen LogP contribution in [0.25, 0.3) is 10.1 Å². The van der Waals surface area contributed by atoms with Crippen molar-refractivity contribution < 1.29 is 34.9 Å². The summed E-state index contributed by atoms with van der Waals surface area (Å²) in [4.78, 5) is 55.2. The Morgan fingerprint density at radius 2 is 1.97 bits per heavy atom. The molecule has 7 N–H and O–H groups in total. The van der Waals surface area contributed by atoms with Gasteiger partial charge in [-0.25, -0.2) is 9.78 Å². The number of carbonyl (C=O) groups excluding carboxylic acids is 2. The monoisotopic (exact) mass is 607 g/mol. The van der Waals surface area contributed by atoms with Gasteiger partial charge in [0, 0.05) is 39.1 Å². The number of nitrogens with one attached hydrogen (secondary N) is 1. The highest BCUT2D eigenvalue weighted by Crippen LogP contribution is 2.42. The first-order chi connectivity index (χ1) is 18.6. The highest BCUT2D eigenvalue weighted by Gasteiger charge is 2.54. The number of amides is 2. The largest absolute Gasteiger partial charge is 0.504 e. The molecule has 2 aliphatic rings. The molecule has 2 aliphatic heterocycles. The van der Waals surface area contributed by atoms with E-state index in [0.717, 1.165) is 16.2 Å². The van der Waals surface area contributed by atoms with Crippen molar-refractivity contribution in [1.29, 1.82) is 0 Å². The van der Waals surface area contributed by atoms with Gasteiger partial charge in [-0.15, -0.1) is 46.2 Å². The van der Waals surface area contributed by atoms with Crippen LogP contribution in [0.3, 0.4) is 0 Å². The van der Waals surface area contributed by atoms with Gasteiger partial charge in [-0.05, 0) is 11.6 Å². The van der Waals surface area contributed by atoms with Gasteiger partial charge in [0.25, 0.3) is 11.8 Å². The molecule has 2 aromatic heterocycles. The zero-order chi connectivity index (χ0) is 28.0. The lowest BCUT2D eigenvalue weighted by atomic mass is 10.0. The van der Waals surface area contributed by atoms with E-state index in [-0.39, 0.29) is 44.6 Å². The molecule has 0 bridgehead atoms. The predicted molar refractivity (Wildman–Crippen MR) is 147 cm³/mol. The molecule has 0 unspecified atom stereocenters. The van der Waals surface area contributed by atoms with Crippen LogP contribution in [0.4, 0.5) is 5.13 Å². The molecule has 1 fully saturated rings. The molecule has 17 heteroatoms. The number of oxime groups is 1.